The van der Waals surface area contributed by atoms with Crippen molar-refractivity contribution in [3.8, 4) is 0 Å². The zero-order chi connectivity index (χ0) is 30.5. The molecule has 8 heteroatoms. The molecule has 0 amide bonds. The summed E-state index contributed by atoms with van der Waals surface area (Å²) in [5.74, 6) is -0.591. The third-order valence-corrected chi connectivity index (χ3v) is 6.56. The van der Waals surface area contributed by atoms with Crippen LogP contribution in [-0.4, -0.2) is 87.7 Å². The highest BCUT2D eigenvalue weighted by Crippen LogP contribution is 2.08. The molecule has 0 N–H and O–H groups in total. The number of halogens is 2. The van der Waals surface area contributed by atoms with E-state index >= 15 is 0 Å². The van der Waals surface area contributed by atoms with Crippen molar-refractivity contribution < 1.29 is 40.5 Å². The van der Waals surface area contributed by atoms with Crippen LogP contribution in [0, 0.1) is 0 Å². The number of ether oxygens (including phenoxy) is 2. The zero-order valence-corrected chi connectivity index (χ0v) is 30.6. The van der Waals surface area contributed by atoms with E-state index in [1.807, 2.05) is 19.0 Å². The van der Waals surface area contributed by atoms with Crippen LogP contribution in [-0.2, 0) is 19.1 Å². The van der Waals surface area contributed by atoms with E-state index in [9.17, 15) is 9.59 Å². The zero-order valence-electron chi connectivity index (χ0n) is 27.4. The van der Waals surface area contributed by atoms with Gasteiger partial charge in [0.2, 0.25) is 0 Å². The summed E-state index contributed by atoms with van der Waals surface area (Å²) in [6, 6.07) is 0. The smallest absolute Gasteiger partial charge is 0.333 e. The van der Waals surface area contributed by atoms with E-state index in [1.54, 1.807) is 13.8 Å². The number of hydrogen-bond donors (Lipinski definition) is 0. The lowest BCUT2D eigenvalue weighted by atomic mass is 10.1. The maximum absolute atomic E-state index is 11.3. The third kappa shape index (κ3) is 39.4. The van der Waals surface area contributed by atoms with Crippen molar-refractivity contribution in [3.05, 3.63) is 24.3 Å². The van der Waals surface area contributed by atoms with Crippen LogP contribution in [0.2, 0.25) is 0 Å². The molecule has 0 fully saturated rings. The predicted octanol–water partition coefficient (Wildman–Crippen LogP) is 4.96. The van der Waals surface area contributed by atoms with Gasteiger partial charge in [-0.2, -0.15) is 0 Å². The van der Waals surface area contributed by atoms with E-state index in [0.29, 0.717) is 24.4 Å². The number of carbonyl (C=O) groups excluding carboxylic acids is 2. The lowest BCUT2D eigenvalue weighted by molar-refractivity contribution is -0.890. The summed E-state index contributed by atoms with van der Waals surface area (Å²) in [6.07, 6.45) is 16.3. The molecular formula is C32H64Br2N2O4. The van der Waals surface area contributed by atoms with Gasteiger partial charge in [-0.1, -0.05) is 101 Å². The van der Waals surface area contributed by atoms with Crippen molar-refractivity contribution in [1.82, 2.24) is 4.90 Å². The van der Waals surface area contributed by atoms with E-state index in [0.717, 1.165) is 24.1 Å². The molecule has 0 aliphatic heterocycles. The Morgan fingerprint density at radius 2 is 1.10 bits per heavy atom. The minimum Gasteiger partial charge on any atom is -1.00 e. The molecule has 0 unspecified atom stereocenters. The molecule has 0 radical (unpaired) electrons. The third-order valence-electron chi connectivity index (χ3n) is 6.00. The number of nitrogens with zero attached hydrogens (tertiary/aromatic N) is 2. The maximum Gasteiger partial charge on any atom is 0.333 e. The van der Waals surface area contributed by atoms with Gasteiger partial charge >= 0.3 is 11.9 Å². The second-order valence-corrected chi connectivity index (χ2v) is 12.0. The van der Waals surface area contributed by atoms with Gasteiger partial charge in [0.25, 0.3) is 0 Å². The average Bonchev–Trinajstić information content (AvgIpc) is 2.86. The first-order chi connectivity index (χ1) is 18.3. The van der Waals surface area contributed by atoms with Gasteiger partial charge in [0.15, 0.2) is 0 Å². The molecule has 40 heavy (non-hydrogen) atoms. The molecule has 240 valence electrons. The normalized spacial score (nSPS) is 10.3. The van der Waals surface area contributed by atoms with E-state index in [4.69, 9.17) is 9.47 Å². The summed E-state index contributed by atoms with van der Waals surface area (Å²) in [7, 11) is 8.24. The summed E-state index contributed by atoms with van der Waals surface area (Å²) < 4.78 is 10.9. The Hall–Kier alpha value is -0.700. The molecule has 6 nitrogen and oxygen atoms in total. The Labute approximate surface area is 267 Å². The molecule has 0 aliphatic rings. The fourth-order valence-electron chi connectivity index (χ4n) is 3.26. The first-order valence-corrected chi connectivity index (χ1v) is 16.1. The molecule has 0 spiro atoms. The van der Waals surface area contributed by atoms with Crippen molar-refractivity contribution in [2.75, 3.05) is 66.4 Å². The Bertz CT molecular complexity index is 620. The SMILES string of the molecule is C=C(C)C(=O)OCCN(C)C.C=C(C)C(=O)OCC[N+](C)(C)CCCCCCCC.CCCCCCCCBr.[Br-]. The number of carbonyl (C=O) groups is 2. The highest BCUT2D eigenvalue weighted by molar-refractivity contribution is 9.09. The van der Waals surface area contributed by atoms with Crippen molar-refractivity contribution in [1.29, 1.82) is 0 Å². The van der Waals surface area contributed by atoms with Gasteiger partial charge in [0.1, 0.15) is 19.8 Å². The molecule has 0 rings (SSSR count). The molecule has 0 saturated heterocycles. The van der Waals surface area contributed by atoms with Gasteiger partial charge in [-0.3, -0.25) is 0 Å². The fraction of sp³-hybridized carbons (Fsp3) is 0.812. The van der Waals surface area contributed by atoms with E-state index < -0.39 is 0 Å². The van der Waals surface area contributed by atoms with Gasteiger partial charge < -0.3 is 35.8 Å². The summed E-state index contributed by atoms with van der Waals surface area (Å²) in [5.41, 5.74) is 0.921. The minimum absolute atomic E-state index is 0. The summed E-state index contributed by atoms with van der Waals surface area (Å²) in [6.45, 7) is 18.5. The van der Waals surface area contributed by atoms with Crippen LogP contribution in [0.4, 0.5) is 0 Å². The number of hydrogen-bond acceptors (Lipinski definition) is 5. The van der Waals surface area contributed by atoms with Gasteiger partial charge in [-0.05, 0) is 47.2 Å². The van der Waals surface area contributed by atoms with E-state index in [2.05, 4.69) is 57.0 Å². The molecule has 0 aromatic carbocycles. The Balaban J connectivity index is -0.000000263. The number of rotatable bonds is 21. The van der Waals surface area contributed by atoms with Crippen molar-refractivity contribution in [2.45, 2.75) is 105 Å². The first-order valence-electron chi connectivity index (χ1n) is 15.0. The van der Waals surface area contributed by atoms with Gasteiger partial charge in [-0.15, -0.1) is 0 Å². The second-order valence-electron chi connectivity index (χ2n) is 11.2. The summed E-state index contributed by atoms with van der Waals surface area (Å²) in [5, 5.41) is 1.18. The maximum atomic E-state index is 11.3. The number of unbranched alkanes of at least 4 members (excludes halogenated alkanes) is 10. The van der Waals surface area contributed by atoms with Gasteiger partial charge in [0.05, 0.1) is 20.6 Å². The van der Waals surface area contributed by atoms with Crippen LogP contribution >= 0.6 is 15.9 Å². The lowest BCUT2D eigenvalue weighted by Crippen LogP contribution is -3.00. The van der Waals surface area contributed by atoms with Crippen molar-refractivity contribution >= 4 is 27.9 Å². The number of likely N-dealkylation sites (N-methyl/N-ethyl adjacent to an activating group) is 2. The molecule has 0 aliphatic carbocycles. The Morgan fingerprint density at radius 3 is 1.50 bits per heavy atom. The van der Waals surface area contributed by atoms with E-state index in [-0.39, 0.29) is 28.9 Å². The Kier molecular flexibility index (Phi) is 37.9. The van der Waals surface area contributed by atoms with Gasteiger partial charge in [0, 0.05) is 23.0 Å². The monoisotopic (exact) mass is 698 g/mol. The number of esters is 2. The lowest BCUT2D eigenvalue weighted by Gasteiger charge is -2.29. The van der Waals surface area contributed by atoms with Crippen LogP contribution in [0.25, 0.3) is 0 Å². The predicted molar refractivity (Wildman–Crippen MR) is 172 cm³/mol. The van der Waals surface area contributed by atoms with E-state index in [1.165, 1.54) is 82.4 Å². The topological polar surface area (TPSA) is 55.8 Å². The number of alkyl halides is 1. The molecule has 0 aromatic heterocycles. The van der Waals surface area contributed by atoms with Crippen LogP contribution in [0.3, 0.4) is 0 Å². The molecule has 0 heterocycles. The fourth-order valence-corrected chi connectivity index (χ4v) is 3.66. The minimum atomic E-state index is -0.313. The highest BCUT2D eigenvalue weighted by Gasteiger charge is 2.15. The molecule has 0 bridgehead atoms. The van der Waals surface area contributed by atoms with Crippen LogP contribution in [0.5, 0.6) is 0 Å². The summed E-state index contributed by atoms with van der Waals surface area (Å²) in [4.78, 5) is 24.0. The average molecular weight is 701 g/mol. The summed E-state index contributed by atoms with van der Waals surface area (Å²) >= 11 is 3.42. The molecule has 0 saturated carbocycles. The van der Waals surface area contributed by atoms with Crippen molar-refractivity contribution in [3.63, 3.8) is 0 Å². The second kappa shape index (κ2) is 32.8. The quantitative estimate of drug-likeness (QED) is 0.0558. The largest absolute Gasteiger partial charge is 1.00 e. The Morgan fingerprint density at radius 1 is 0.700 bits per heavy atom. The first kappa shape index (κ1) is 46.3. The van der Waals surface area contributed by atoms with Gasteiger partial charge in [-0.25, -0.2) is 9.59 Å². The van der Waals surface area contributed by atoms with Crippen molar-refractivity contribution in [2.24, 2.45) is 0 Å². The standard InChI is InChI=1S/C16H32NO2.C8H17Br.C8H15NO2.BrH/c1-6-7-8-9-10-11-12-17(4,5)13-14-19-16(18)15(2)3;1-2-3-4-5-6-7-8-9;1-7(2)8(10)11-6-5-9(3)4;/h2,6-14H2,1,3-5H3;2-8H2,1H3;1,5-6H2,2-4H3;1H/q+1;;;/p-1. The number of quaternary nitrogens is 1. The van der Waals surface area contributed by atoms with Crippen LogP contribution in [0.1, 0.15) is 105 Å². The highest BCUT2D eigenvalue weighted by atomic mass is 79.9. The van der Waals surface area contributed by atoms with Crippen LogP contribution in [0.15, 0.2) is 24.3 Å². The molecule has 0 aromatic rings. The van der Waals surface area contributed by atoms with Crippen LogP contribution < -0.4 is 17.0 Å². The molecular weight excluding hydrogens is 636 g/mol. The molecule has 0 atom stereocenters.